The molecule has 3 N–H and O–H groups in total. The Morgan fingerprint density at radius 2 is 1.94 bits per heavy atom. The normalized spacial score (nSPS) is 17.9. The third-order valence-corrected chi connectivity index (χ3v) is 6.63. The van der Waals surface area contributed by atoms with Crippen LogP contribution in [0.25, 0.3) is 10.8 Å². The minimum atomic E-state index is -0.306. The van der Waals surface area contributed by atoms with E-state index in [4.69, 9.17) is 16.6 Å². The number of aromatic nitrogens is 3. The van der Waals surface area contributed by atoms with Crippen LogP contribution in [0.2, 0.25) is 5.02 Å². The minimum absolute atomic E-state index is 0.272. The number of aliphatic hydroxyl groups is 1. The summed E-state index contributed by atoms with van der Waals surface area (Å²) in [6, 6.07) is 7.87. The standard InChI is InChI=1S/C23H27ClN6O2/c24-18-11-15(14-29-7-1-2-8-29)3-4-19(18)26-22-21-16(13-25-28-23(21)32)12-20(27-22)30-9-5-17(31)6-10-30/h3-4,11-13,17,31H,1-2,5-10,14H2,(H,26,27)(H,28,32). The first kappa shape index (κ1) is 21.2. The van der Waals surface area contributed by atoms with Crippen LogP contribution >= 0.6 is 11.6 Å². The number of anilines is 3. The summed E-state index contributed by atoms with van der Waals surface area (Å²) in [7, 11) is 0. The molecule has 0 saturated carbocycles. The Morgan fingerprint density at radius 3 is 2.69 bits per heavy atom. The molecule has 168 valence electrons. The van der Waals surface area contributed by atoms with Crippen molar-refractivity contribution in [3.63, 3.8) is 0 Å². The zero-order valence-electron chi connectivity index (χ0n) is 17.9. The van der Waals surface area contributed by atoms with Gasteiger partial charge in [-0.1, -0.05) is 17.7 Å². The maximum Gasteiger partial charge on any atom is 0.275 e. The largest absolute Gasteiger partial charge is 0.393 e. The number of piperidine rings is 1. The van der Waals surface area contributed by atoms with Gasteiger partial charge in [-0.25, -0.2) is 10.1 Å². The molecule has 3 aromatic rings. The number of H-pyrrole nitrogens is 1. The molecular weight excluding hydrogens is 428 g/mol. The van der Waals surface area contributed by atoms with Gasteiger partial charge in [-0.15, -0.1) is 0 Å². The number of pyridine rings is 1. The number of nitrogens with one attached hydrogen (secondary N) is 2. The molecule has 0 atom stereocenters. The molecule has 0 bridgehead atoms. The summed E-state index contributed by atoms with van der Waals surface area (Å²) < 4.78 is 0. The van der Waals surface area contributed by atoms with Crippen LogP contribution in [-0.4, -0.2) is 57.5 Å². The monoisotopic (exact) mass is 454 g/mol. The van der Waals surface area contributed by atoms with Crippen LogP contribution in [0.15, 0.2) is 35.3 Å². The van der Waals surface area contributed by atoms with E-state index < -0.39 is 0 Å². The number of hydrogen-bond acceptors (Lipinski definition) is 7. The third kappa shape index (κ3) is 4.44. The molecule has 2 aliphatic rings. The molecule has 2 fully saturated rings. The second-order valence-corrected chi connectivity index (χ2v) is 9.04. The van der Waals surface area contributed by atoms with Crippen LogP contribution in [0.1, 0.15) is 31.2 Å². The van der Waals surface area contributed by atoms with Gasteiger partial charge in [0.25, 0.3) is 5.56 Å². The summed E-state index contributed by atoms with van der Waals surface area (Å²) in [5.74, 6) is 1.20. The van der Waals surface area contributed by atoms with Gasteiger partial charge in [-0.3, -0.25) is 9.69 Å². The summed E-state index contributed by atoms with van der Waals surface area (Å²) >= 11 is 6.61. The number of aromatic amines is 1. The smallest absolute Gasteiger partial charge is 0.275 e. The van der Waals surface area contributed by atoms with Crippen molar-refractivity contribution in [1.29, 1.82) is 0 Å². The second kappa shape index (κ2) is 9.05. The Bertz CT molecular complexity index is 1170. The van der Waals surface area contributed by atoms with Crippen LogP contribution in [0, 0.1) is 0 Å². The lowest BCUT2D eigenvalue weighted by Crippen LogP contribution is -2.36. The highest BCUT2D eigenvalue weighted by atomic mass is 35.5. The van der Waals surface area contributed by atoms with E-state index in [1.54, 1.807) is 6.20 Å². The maximum atomic E-state index is 12.6. The van der Waals surface area contributed by atoms with Crippen molar-refractivity contribution in [2.45, 2.75) is 38.3 Å². The van der Waals surface area contributed by atoms with Crippen molar-refractivity contribution in [3.05, 3.63) is 51.4 Å². The molecule has 32 heavy (non-hydrogen) atoms. The molecular formula is C23H27ClN6O2. The number of aliphatic hydroxyl groups excluding tert-OH is 1. The SMILES string of the molecule is O=c1[nH]ncc2cc(N3CCC(O)CC3)nc(Nc3ccc(CN4CCCC4)cc3Cl)c12. The van der Waals surface area contributed by atoms with E-state index in [1.807, 2.05) is 18.2 Å². The number of likely N-dealkylation sites (tertiary alicyclic amines) is 1. The Kier molecular flexibility index (Phi) is 5.99. The van der Waals surface area contributed by atoms with Crippen LogP contribution < -0.4 is 15.8 Å². The fourth-order valence-electron chi connectivity index (χ4n) is 4.54. The average molecular weight is 455 g/mol. The van der Waals surface area contributed by atoms with E-state index in [0.717, 1.165) is 25.5 Å². The lowest BCUT2D eigenvalue weighted by molar-refractivity contribution is 0.145. The Morgan fingerprint density at radius 1 is 1.16 bits per heavy atom. The van der Waals surface area contributed by atoms with Crippen LogP contribution in [0.4, 0.5) is 17.3 Å². The topological polar surface area (TPSA) is 97.4 Å². The van der Waals surface area contributed by atoms with Gasteiger partial charge in [0.05, 0.1) is 28.4 Å². The molecule has 0 radical (unpaired) electrons. The number of benzene rings is 1. The van der Waals surface area contributed by atoms with E-state index >= 15 is 0 Å². The lowest BCUT2D eigenvalue weighted by Gasteiger charge is -2.31. The van der Waals surface area contributed by atoms with Crippen LogP contribution in [0.5, 0.6) is 0 Å². The van der Waals surface area contributed by atoms with Gasteiger partial charge in [-0.2, -0.15) is 5.10 Å². The quantitative estimate of drug-likeness (QED) is 0.544. The summed E-state index contributed by atoms with van der Waals surface area (Å²) in [6.45, 7) is 4.57. The molecule has 2 saturated heterocycles. The van der Waals surface area contributed by atoms with Gasteiger partial charge in [0.1, 0.15) is 11.6 Å². The van der Waals surface area contributed by atoms with Gasteiger partial charge in [0.15, 0.2) is 0 Å². The van der Waals surface area contributed by atoms with E-state index in [1.165, 1.54) is 18.4 Å². The Labute approximate surface area is 191 Å². The van der Waals surface area contributed by atoms with Crippen LogP contribution in [-0.2, 0) is 6.54 Å². The molecule has 2 aromatic heterocycles. The molecule has 8 nitrogen and oxygen atoms in total. The molecule has 0 amide bonds. The zero-order valence-corrected chi connectivity index (χ0v) is 18.6. The molecule has 4 heterocycles. The highest BCUT2D eigenvalue weighted by Crippen LogP contribution is 2.31. The summed E-state index contributed by atoms with van der Waals surface area (Å²) in [4.78, 5) is 21.9. The van der Waals surface area contributed by atoms with Crippen molar-refractivity contribution in [2.75, 3.05) is 36.4 Å². The molecule has 2 aliphatic heterocycles. The number of hydrogen-bond donors (Lipinski definition) is 3. The number of halogens is 1. The molecule has 5 rings (SSSR count). The van der Waals surface area contributed by atoms with E-state index in [-0.39, 0.29) is 11.7 Å². The van der Waals surface area contributed by atoms with E-state index in [2.05, 4.69) is 31.4 Å². The summed E-state index contributed by atoms with van der Waals surface area (Å²) in [5, 5.41) is 21.3. The molecule has 1 aromatic carbocycles. The van der Waals surface area contributed by atoms with Crippen molar-refractivity contribution in [2.24, 2.45) is 0 Å². The fraction of sp³-hybridized carbons (Fsp3) is 0.435. The third-order valence-electron chi connectivity index (χ3n) is 6.31. The van der Waals surface area contributed by atoms with Gasteiger partial charge in [0, 0.05) is 25.0 Å². The summed E-state index contributed by atoms with van der Waals surface area (Å²) in [5.41, 5.74) is 1.57. The first-order valence-electron chi connectivity index (χ1n) is 11.2. The zero-order chi connectivity index (χ0) is 22.1. The predicted octanol–water partition coefficient (Wildman–Crippen LogP) is 3.27. The maximum absolute atomic E-state index is 12.6. The lowest BCUT2D eigenvalue weighted by atomic mass is 10.1. The molecule has 0 unspecified atom stereocenters. The van der Waals surface area contributed by atoms with Gasteiger partial charge >= 0.3 is 0 Å². The highest BCUT2D eigenvalue weighted by Gasteiger charge is 2.21. The van der Waals surface area contributed by atoms with Crippen molar-refractivity contribution >= 4 is 39.7 Å². The van der Waals surface area contributed by atoms with Gasteiger partial charge in [0.2, 0.25) is 0 Å². The Balaban J connectivity index is 1.47. The number of rotatable bonds is 5. The van der Waals surface area contributed by atoms with Gasteiger partial charge in [-0.05, 0) is 62.5 Å². The minimum Gasteiger partial charge on any atom is -0.393 e. The van der Waals surface area contributed by atoms with Crippen molar-refractivity contribution in [3.8, 4) is 0 Å². The first-order valence-corrected chi connectivity index (χ1v) is 11.5. The van der Waals surface area contributed by atoms with E-state index in [9.17, 15) is 9.90 Å². The fourth-order valence-corrected chi connectivity index (χ4v) is 4.79. The predicted molar refractivity (Wildman–Crippen MR) is 127 cm³/mol. The molecule has 0 spiro atoms. The number of nitrogens with zero attached hydrogens (tertiary/aromatic N) is 4. The molecule has 9 heteroatoms. The number of fused-ring (bicyclic) bond motifs is 1. The van der Waals surface area contributed by atoms with E-state index in [0.29, 0.717) is 53.2 Å². The van der Waals surface area contributed by atoms with Gasteiger partial charge < -0.3 is 15.3 Å². The van der Waals surface area contributed by atoms with Crippen molar-refractivity contribution in [1.82, 2.24) is 20.1 Å². The van der Waals surface area contributed by atoms with Crippen LogP contribution in [0.3, 0.4) is 0 Å². The average Bonchev–Trinajstić information content (AvgIpc) is 3.29. The molecule has 0 aliphatic carbocycles. The van der Waals surface area contributed by atoms with Crippen molar-refractivity contribution < 1.29 is 5.11 Å². The Hall–Kier alpha value is -2.68. The second-order valence-electron chi connectivity index (χ2n) is 8.63. The first-order chi connectivity index (χ1) is 15.6. The summed E-state index contributed by atoms with van der Waals surface area (Å²) in [6.07, 6.45) is 5.25. The highest BCUT2D eigenvalue weighted by molar-refractivity contribution is 6.33.